The lowest BCUT2D eigenvalue weighted by molar-refractivity contribution is 0.399. The number of anilines is 3. The van der Waals surface area contributed by atoms with E-state index in [2.05, 4.69) is 237 Å². The normalized spacial score (nSPS) is 15.0. The molecule has 0 atom stereocenters. The minimum Gasteiger partial charge on any atom is -0.456 e. The number of nitrogens with zero attached hydrogens (tertiary/aromatic N) is 1. The largest absolute Gasteiger partial charge is 0.456 e. The van der Waals surface area contributed by atoms with Gasteiger partial charge in [0, 0.05) is 60.4 Å². The van der Waals surface area contributed by atoms with Crippen LogP contribution in [0.4, 0.5) is 17.1 Å². The van der Waals surface area contributed by atoms with Gasteiger partial charge in [0.2, 0.25) is 0 Å². The topological polar surface area (TPSA) is 29.5 Å². The molecule has 3 aliphatic rings. The third kappa shape index (κ3) is 8.10. The van der Waals surface area contributed by atoms with E-state index >= 15 is 0 Å². The highest BCUT2D eigenvalue weighted by atomic mass is 16.3. The van der Waals surface area contributed by atoms with Gasteiger partial charge in [-0.25, -0.2) is 0 Å². The number of benzene rings is 9. The van der Waals surface area contributed by atoms with E-state index in [1.54, 1.807) is 0 Å². The van der Waals surface area contributed by atoms with Crippen LogP contribution in [0.3, 0.4) is 0 Å². The highest BCUT2D eigenvalue weighted by Gasteiger charge is 2.46. The maximum atomic E-state index is 7.05. The summed E-state index contributed by atoms with van der Waals surface area (Å²) in [6.07, 6.45) is 14.7. The smallest absolute Gasteiger partial charge is 0.143 e. The first-order valence-electron chi connectivity index (χ1n) is 31.1. The van der Waals surface area contributed by atoms with Crippen LogP contribution in [0.15, 0.2) is 179 Å². The van der Waals surface area contributed by atoms with Crippen molar-refractivity contribution in [2.45, 2.75) is 161 Å². The number of furan rings is 2. The van der Waals surface area contributed by atoms with Gasteiger partial charge >= 0.3 is 0 Å². The van der Waals surface area contributed by atoms with Gasteiger partial charge in [-0.05, 0) is 169 Å². The van der Waals surface area contributed by atoms with Gasteiger partial charge in [-0.2, -0.15) is 0 Å². The molecule has 0 spiro atoms. The first kappa shape index (κ1) is 52.5. The molecule has 0 fully saturated rings. The quantitative estimate of drug-likeness (QED) is 0.0903. The second-order valence-electron chi connectivity index (χ2n) is 26.7. The van der Waals surface area contributed by atoms with E-state index in [0.29, 0.717) is 0 Å². The van der Waals surface area contributed by atoms with E-state index in [4.69, 9.17) is 8.83 Å². The molecule has 0 radical (unpaired) electrons. The number of unbranched alkanes of at least 4 members (excludes halogenated alkanes) is 8. The molecule has 11 aromatic rings. The Hall–Kier alpha value is -7.62. The Morgan fingerprint density at radius 1 is 0.390 bits per heavy atom. The molecule has 2 aromatic heterocycles. The number of fused-ring (bicyclic) bond motifs is 17. The molecule has 3 nitrogen and oxygen atoms in total. The highest BCUT2D eigenvalue weighted by Crippen LogP contribution is 2.62. The molecule has 14 rings (SSSR count). The lowest BCUT2D eigenvalue weighted by Crippen LogP contribution is -2.26. The van der Waals surface area contributed by atoms with Gasteiger partial charge in [-0.1, -0.05) is 224 Å². The van der Waals surface area contributed by atoms with Crippen molar-refractivity contribution < 1.29 is 8.83 Å². The Balaban J connectivity index is 0.963. The summed E-state index contributed by atoms with van der Waals surface area (Å²) < 4.78 is 13.6. The van der Waals surface area contributed by atoms with E-state index in [9.17, 15) is 0 Å². The average molecular weight is 1070 g/mol. The molecule has 9 aromatic carbocycles. The van der Waals surface area contributed by atoms with Gasteiger partial charge in [-0.15, -0.1) is 0 Å². The van der Waals surface area contributed by atoms with Crippen LogP contribution in [-0.2, 0) is 21.7 Å². The summed E-state index contributed by atoms with van der Waals surface area (Å²) in [7, 11) is 0. The van der Waals surface area contributed by atoms with Gasteiger partial charge in [0.25, 0.3) is 0 Å². The maximum absolute atomic E-state index is 7.05. The van der Waals surface area contributed by atoms with Gasteiger partial charge in [0.15, 0.2) is 0 Å². The first-order chi connectivity index (χ1) is 39.7. The Morgan fingerprint density at radius 3 is 1.59 bits per heavy atom. The van der Waals surface area contributed by atoms with E-state index in [1.165, 1.54) is 186 Å². The molecular weight excluding hydrogens is 995 g/mol. The van der Waals surface area contributed by atoms with Crippen LogP contribution in [0, 0.1) is 0 Å². The van der Waals surface area contributed by atoms with Crippen molar-refractivity contribution in [3.05, 3.63) is 209 Å². The van der Waals surface area contributed by atoms with Crippen molar-refractivity contribution in [2.75, 3.05) is 4.90 Å². The van der Waals surface area contributed by atoms with Crippen molar-refractivity contribution >= 4 is 60.9 Å². The summed E-state index contributed by atoms with van der Waals surface area (Å²) in [6.45, 7) is 21.4. The van der Waals surface area contributed by atoms with E-state index in [-0.39, 0.29) is 21.7 Å². The standard InChI is InChI=1S/C79H79NO2/c1-10-12-14-16-25-43-79(44-26-17-15-13-11-2)66-46-54(38-40-56(66)71-67(79)47-59(50-27-19-18-20-28-50)75-74(71)58-30-22-24-32-69(58)82-75)80(52-35-33-51(34-36-52)76(3,4)5)53-37-39-55-60-48-65-61(49-64(60)78(8,9)63(55)45-53)72-62(77(65,6)7)41-42-70-73(72)57-29-21-23-31-68(57)81-70/h18-24,27-42,45-49H,10-17,25-26,43-44H2,1-9H3. The van der Waals surface area contributed by atoms with Crippen molar-refractivity contribution in [2.24, 2.45) is 0 Å². The van der Waals surface area contributed by atoms with Crippen molar-refractivity contribution in [3.8, 4) is 44.5 Å². The molecule has 3 aliphatic carbocycles. The Bertz CT molecular complexity index is 4270. The molecule has 0 unspecified atom stereocenters. The lowest BCUT2D eigenvalue weighted by Gasteiger charge is -2.35. The second-order valence-corrected chi connectivity index (χ2v) is 26.7. The summed E-state index contributed by atoms with van der Waals surface area (Å²) in [4.78, 5) is 2.58. The molecule has 0 amide bonds. The zero-order valence-corrected chi connectivity index (χ0v) is 49.9. The fraction of sp³-hybridized carbons (Fsp3) is 0.316. The molecule has 82 heavy (non-hydrogen) atoms. The fourth-order valence-electron chi connectivity index (χ4n) is 15.5. The fourth-order valence-corrected chi connectivity index (χ4v) is 15.5. The van der Waals surface area contributed by atoms with Gasteiger partial charge in [0.05, 0.1) is 0 Å². The molecule has 0 N–H and O–H groups in total. The predicted octanol–water partition coefficient (Wildman–Crippen LogP) is 23.5. The number of para-hydroxylation sites is 2. The molecule has 0 aliphatic heterocycles. The van der Waals surface area contributed by atoms with Crippen LogP contribution >= 0.6 is 0 Å². The SMILES string of the molecule is CCCCCCCC1(CCCCCCC)c2cc(N(c3ccc(C(C)(C)C)cc3)c3ccc4c(c3)C(C)(C)c3cc5c(cc3-4)C(C)(C)c3ccc4oc6ccccc6c4c3-5)ccc2-c2c1cc(-c1ccccc1)c1oc3ccccc3c21. The maximum Gasteiger partial charge on any atom is 0.143 e. The number of hydrogen-bond donors (Lipinski definition) is 0. The van der Waals surface area contributed by atoms with Crippen LogP contribution in [0.25, 0.3) is 88.4 Å². The van der Waals surface area contributed by atoms with Gasteiger partial charge in [-0.3, -0.25) is 0 Å². The third-order valence-corrected chi connectivity index (χ3v) is 19.9. The lowest BCUT2D eigenvalue weighted by atomic mass is 9.70. The first-order valence-corrected chi connectivity index (χ1v) is 31.1. The third-order valence-electron chi connectivity index (χ3n) is 19.9. The van der Waals surface area contributed by atoms with E-state index in [0.717, 1.165) is 35.2 Å². The molecular formula is C79H79NO2. The Morgan fingerprint density at radius 2 is 0.915 bits per heavy atom. The molecule has 2 heterocycles. The summed E-state index contributed by atoms with van der Waals surface area (Å²) in [5.41, 5.74) is 27.1. The number of rotatable bonds is 16. The van der Waals surface area contributed by atoms with Gasteiger partial charge in [0.1, 0.15) is 22.3 Å². The monoisotopic (exact) mass is 1070 g/mol. The van der Waals surface area contributed by atoms with Crippen LogP contribution in [0.1, 0.15) is 178 Å². The average Bonchev–Trinajstić information content (AvgIpc) is 3.68. The van der Waals surface area contributed by atoms with E-state index in [1.807, 2.05) is 0 Å². The minimum absolute atomic E-state index is 0.0208. The van der Waals surface area contributed by atoms with Crippen LogP contribution < -0.4 is 4.90 Å². The minimum atomic E-state index is -0.268. The molecule has 412 valence electrons. The zero-order valence-electron chi connectivity index (χ0n) is 49.9. The summed E-state index contributed by atoms with van der Waals surface area (Å²) >= 11 is 0. The molecule has 3 heteroatoms. The van der Waals surface area contributed by atoms with Crippen LogP contribution in [0.5, 0.6) is 0 Å². The summed E-state index contributed by atoms with van der Waals surface area (Å²) in [5, 5.41) is 4.88. The zero-order chi connectivity index (χ0) is 56.3. The highest BCUT2D eigenvalue weighted by molar-refractivity contribution is 6.19. The summed E-state index contributed by atoms with van der Waals surface area (Å²) in [5.74, 6) is 0. The van der Waals surface area contributed by atoms with Gasteiger partial charge < -0.3 is 13.7 Å². The molecule has 0 saturated carbocycles. The van der Waals surface area contributed by atoms with Crippen LogP contribution in [-0.4, -0.2) is 0 Å². The van der Waals surface area contributed by atoms with Crippen LogP contribution in [0.2, 0.25) is 0 Å². The molecule has 0 saturated heterocycles. The Labute approximate surface area is 486 Å². The van der Waals surface area contributed by atoms with Crippen molar-refractivity contribution in [1.82, 2.24) is 0 Å². The van der Waals surface area contributed by atoms with Crippen molar-refractivity contribution in [3.63, 3.8) is 0 Å². The Kier molecular flexibility index (Phi) is 12.7. The second kappa shape index (κ2) is 19.8. The molecule has 0 bridgehead atoms. The predicted molar refractivity (Wildman–Crippen MR) is 348 cm³/mol. The van der Waals surface area contributed by atoms with Crippen molar-refractivity contribution in [1.29, 1.82) is 0 Å². The number of hydrogen-bond acceptors (Lipinski definition) is 3. The van der Waals surface area contributed by atoms with E-state index < -0.39 is 0 Å². The summed E-state index contributed by atoms with van der Waals surface area (Å²) in [6, 6.07) is 65.1.